The summed E-state index contributed by atoms with van der Waals surface area (Å²) >= 11 is 2.09. The first-order valence-electron chi connectivity index (χ1n) is 26.6. The first-order chi connectivity index (χ1) is 33.6. The average Bonchev–Trinajstić information content (AvgIpc) is 3.76. The highest BCUT2D eigenvalue weighted by Crippen LogP contribution is 2.55. The lowest BCUT2D eigenvalue weighted by Gasteiger charge is -2.53. The van der Waals surface area contributed by atoms with Crippen molar-refractivity contribution in [3.8, 4) is 0 Å². The molecule has 11 atom stereocenters. The lowest BCUT2D eigenvalue weighted by atomic mass is 9.70. The van der Waals surface area contributed by atoms with Crippen molar-refractivity contribution in [3.63, 3.8) is 0 Å². The number of para-hydroxylation sites is 1. The molecule has 0 bridgehead atoms. The molecule has 3 N–H and O–H groups in total. The second-order valence-electron chi connectivity index (χ2n) is 21.4. The second kappa shape index (κ2) is 19.6. The number of allylic oxidation sites excluding steroid dienone is 23. The third kappa shape index (κ3) is 8.67. The summed E-state index contributed by atoms with van der Waals surface area (Å²) in [5, 5.41) is 14.5. The maximum absolute atomic E-state index is 5.93. The predicted octanol–water partition coefficient (Wildman–Crippen LogP) is 13.9. The molecular weight excluding hydrogens is 847 g/mol. The number of fused-ring (bicyclic) bond motifs is 3. The minimum absolute atomic E-state index is 0.0331. The van der Waals surface area contributed by atoms with Crippen LogP contribution in [0.5, 0.6) is 0 Å². The average molecular weight is 918 g/mol. The predicted molar refractivity (Wildman–Crippen MR) is 287 cm³/mol. The van der Waals surface area contributed by atoms with Gasteiger partial charge in [0.05, 0.1) is 29.1 Å². The van der Waals surface area contributed by atoms with Crippen LogP contribution in [0, 0.1) is 35.5 Å². The molecule has 11 unspecified atom stereocenters. The van der Waals surface area contributed by atoms with Crippen molar-refractivity contribution in [2.75, 3.05) is 4.90 Å². The fourth-order valence-electron chi connectivity index (χ4n) is 13.7. The molecule has 5 nitrogen and oxygen atoms in total. The number of thioether (sulfide) groups is 1. The zero-order chi connectivity index (χ0) is 45.4. The summed E-state index contributed by atoms with van der Waals surface area (Å²) in [6, 6.07) is 11.2. The lowest BCUT2D eigenvalue weighted by Crippen LogP contribution is -2.77. The first-order valence-corrected chi connectivity index (χ1v) is 27.4. The number of hydrogen-bond donors (Lipinski definition) is 3. The van der Waals surface area contributed by atoms with Gasteiger partial charge in [0.15, 0.2) is 0 Å². The zero-order valence-corrected chi connectivity index (χ0v) is 40.9. The molecule has 0 radical (unpaired) electrons. The van der Waals surface area contributed by atoms with E-state index in [2.05, 4.69) is 192 Å². The highest BCUT2D eigenvalue weighted by molar-refractivity contribution is 8.04. The highest BCUT2D eigenvalue weighted by atomic mass is 32.2. The van der Waals surface area contributed by atoms with E-state index in [0.29, 0.717) is 23.7 Å². The summed E-state index contributed by atoms with van der Waals surface area (Å²) in [6.45, 7) is 2.46. The molecule has 0 saturated carbocycles. The second-order valence-corrected chi connectivity index (χ2v) is 22.5. The van der Waals surface area contributed by atoms with E-state index in [1.54, 1.807) is 16.7 Å². The van der Waals surface area contributed by atoms with Gasteiger partial charge in [-0.25, -0.2) is 0 Å². The normalized spacial score (nSPS) is 37.0. The monoisotopic (exact) mass is 918 g/mol. The van der Waals surface area contributed by atoms with Gasteiger partial charge in [-0.3, -0.25) is 20.9 Å². The van der Waals surface area contributed by atoms with E-state index in [9.17, 15) is 0 Å². The molecule has 11 aliphatic rings. The van der Waals surface area contributed by atoms with E-state index in [4.69, 9.17) is 4.99 Å². The summed E-state index contributed by atoms with van der Waals surface area (Å²) in [6.07, 6.45) is 65.8. The van der Waals surface area contributed by atoms with Crippen LogP contribution in [0.25, 0.3) is 0 Å². The lowest BCUT2D eigenvalue weighted by molar-refractivity contribution is 0.0583. The Bertz CT molecular complexity index is 2600. The molecule has 1 saturated heterocycles. The molecule has 68 heavy (non-hydrogen) atoms. The molecule has 4 heterocycles. The Labute approximate surface area is 411 Å². The minimum Gasteiger partial charge on any atom is -0.305 e. The van der Waals surface area contributed by atoms with Crippen LogP contribution in [0.2, 0.25) is 0 Å². The topological polar surface area (TPSA) is 51.7 Å². The summed E-state index contributed by atoms with van der Waals surface area (Å²) in [7, 11) is 0. The van der Waals surface area contributed by atoms with Crippen LogP contribution in [0.4, 0.5) is 5.69 Å². The molecule has 6 heteroatoms. The molecule has 12 rings (SSSR count). The Morgan fingerprint density at radius 1 is 0.750 bits per heavy atom. The first kappa shape index (κ1) is 44.5. The van der Waals surface area contributed by atoms with Crippen molar-refractivity contribution >= 4 is 23.7 Å². The third-order valence-electron chi connectivity index (χ3n) is 17.2. The van der Waals surface area contributed by atoms with Gasteiger partial charge in [0.2, 0.25) is 0 Å². The summed E-state index contributed by atoms with van der Waals surface area (Å²) < 4.78 is 0. The van der Waals surface area contributed by atoms with Crippen molar-refractivity contribution in [1.82, 2.24) is 16.0 Å². The quantitative estimate of drug-likeness (QED) is 0.227. The van der Waals surface area contributed by atoms with Crippen molar-refractivity contribution in [2.24, 2.45) is 40.5 Å². The van der Waals surface area contributed by atoms with Crippen LogP contribution in [0.1, 0.15) is 103 Å². The molecule has 7 aliphatic carbocycles. The smallest absolute Gasteiger partial charge is 0.0843 e. The molecule has 0 amide bonds. The Morgan fingerprint density at radius 3 is 2.53 bits per heavy atom. The van der Waals surface area contributed by atoms with Crippen LogP contribution in [-0.4, -0.2) is 35.5 Å². The van der Waals surface area contributed by atoms with E-state index in [-0.39, 0.29) is 41.1 Å². The molecule has 0 spiro atoms. The van der Waals surface area contributed by atoms with E-state index in [1.807, 2.05) is 0 Å². The van der Waals surface area contributed by atoms with Gasteiger partial charge in [0.1, 0.15) is 0 Å². The van der Waals surface area contributed by atoms with Gasteiger partial charge < -0.3 is 4.90 Å². The van der Waals surface area contributed by atoms with Gasteiger partial charge in [0, 0.05) is 52.4 Å². The molecule has 1 aromatic carbocycles. The maximum Gasteiger partial charge on any atom is 0.0843 e. The zero-order valence-electron chi connectivity index (χ0n) is 40.1. The number of rotatable bonds is 8. The third-order valence-corrected chi connectivity index (χ3v) is 18.7. The summed E-state index contributed by atoms with van der Waals surface area (Å²) in [5.74, 6) is 2.33. The Morgan fingerprint density at radius 2 is 1.69 bits per heavy atom. The summed E-state index contributed by atoms with van der Waals surface area (Å²) in [4.78, 5) is 8.54. The van der Waals surface area contributed by atoms with Crippen LogP contribution >= 0.6 is 11.8 Å². The van der Waals surface area contributed by atoms with Crippen LogP contribution in [-0.2, 0) is 0 Å². The van der Waals surface area contributed by atoms with Crippen molar-refractivity contribution in [2.45, 2.75) is 133 Å². The number of benzene rings is 1. The number of nitrogens with one attached hydrogen (secondary N) is 3. The number of nitrogens with zero attached hydrogens (tertiary/aromatic N) is 2. The molecule has 0 aromatic heterocycles. The Hall–Kier alpha value is -4.72. The van der Waals surface area contributed by atoms with Crippen LogP contribution in [0.15, 0.2) is 201 Å². The maximum atomic E-state index is 5.93. The van der Waals surface area contributed by atoms with E-state index in [1.165, 1.54) is 83.7 Å². The highest BCUT2D eigenvalue weighted by Gasteiger charge is 2.50. The number of anilines is 1. The van der Waals surface area contributed by atoms with E-state index >= 15 is 0 Å². The van der Waals surface area contributed by atoms with Crippen LogP contribution in [0.3, 0.4) is 0 Å². The van der Waals surface area contributed by atoms with Gasteiger partial charge in [-0.2, -0.15) is 0 Å². The van der Waals surface area contributed by atoms with Crippen molar-refractivity contribution in [1.29, 1.82) is 0 Å². The van der Waals surface area contributed by atoms with Crippen molar-refractivity contribution in [3.05, 3.63) is 196 Å². The fraction of sp³-hybridized carbons (Fsp3) is 0.435. The summed E-state index contributed by atoms with van der Waals surface area (Å²) in [5.41, 5.74) is 13.1. The molecule has 350 valence electrons. The van der Waals surface area contributed by atoms with Crippen LogP contribution < -0.4 is 20.9 Å². The van der Waals surface area contributed by atoms with Gasteiger partial charge in [0.25, 0.3) is 0 Å². The van der Waals surface area contributed by atoms with Crippen molar-refractivity contribution < 1.29 is 0 Å². The van der Waals surface area contributed by atoms with Gasteiger partial charge in [-0.05, 0) is 149 Å². The number of hydrogen-bond acceptors (Lipinski definition) is 6. The van der Waals surface area contributed by atoms with Gasteiger partial charge >= 0.3 is 0 Å². The SMILES string of the molecule is CC1(C2C=CCCC2)NC(C2=CC=CCC2)NC(C2CC(C3=CC(C4C=CC=CC4)=C(C4CC=CCC4)CC3)C=NC2C2=CC=CC3C4=C(SC23)N(c2ccccc2)C2=CCCC=C2C/C=C\4)N1. The minimum atomic E-state index is -0.270. The van der Waals surface area contributed by atoms with E-state index in [0.717, 1.165) is 51.4 Å². The Balaban J connectivity index is 0.936. The largest absolute Gasteiger partial charge is 0.305 e. The van der Waals surface area contributed by atoms with Gasteiger partial charge in [-0.1, -0.05) is 157 Å². The molecule has 1 fully saturated rings. The van der Waals surface area contributed by atoms with Gasteiger partial charge in [-0.15, -0.1) is 0 Å². The molecular formula is C62H71N5S. The molecule has 1 aromatic rings. The van der Waals surface area contributed by atoms with E-state index < -0.39 is 0 Å². The Kier molecular flexibility index (Phi) is 12.8. The standard InChI is InChI=1S/C62H71N5S/c1-62(48-29-13-5-14-30-48)65-59(45-26-11-4-12-27-45)64-60(66-62)55-40-47(46-37-38-50(42-21-7-2-8-22-42)54(39-46)43-23-9-3-10-24-43)41-63-57(55)53-35-20-33-51-52-34-19-28-44-25-17-18-36-56(44)67(61(52)68-58(51)53)49-31-15-6-16-32-49/h2-4,6-7,9-11,13,15-16,19-20,23,25-26,29,31-36,39,41-43,47-48,51,55,57-60,64-66H,5,8,12,14,17-18,21-22,24,27-28,30,37-38,40H2,1H3/b34-19-. The number of aliphatic imine (C=N–C) groups is 1. The fourth-order valence-corrected chi connectivity index (χ4v) is 15.3. The molecule has 4 aliphatic heterocycles.